The van der Waals surface area contributed by atoms with Gasteiger partial charge in [-0.2, -0.15) is 0 Å². The summed E-state index contributed by atoms with van der Waals surface area (Å²) in [5.41, 5.74) is -0.101. The Morgan fingerprint density at radius 3 is 2.88 bits per heavy atom. The predicted molar refractivity (Wildman–Crippen MR) is 63.1 cm³/mol. The van der Waals surface area contributed by atoms with Gasteiger partial charge < -0.3 is 10.2 Å². The lowest BCUT2D eigenvalue weighted by Crippen LogP contribution is -2.27. The molecule has 0 aliphatic heterocycles. The second-order valence-corrected chi connectivity index (χ2v) is 3.69. The van der Waals surface area contributed by atoms with E-state index in [1.807, 2.05) is 19.0 Å². The Balaban J connectivity index is 2.85. The van der Waals surface area contributed by atoms with Gasteiger partial charge in [0, 0.05) is 26.2 Å². The van der Waals surface area contributed by atoms with Crippen molar-refractivity contribution in [3.05, 3.63) is 27.4 Å². The lowest BCUT2D eigenvalue weighted by molar-refractivity contribution is -0.385. The fourth-order valence-corrected chi connectivity index (χ4v) is 1.49. The van der Waals surface area contributed by atoms with Crippen LogP contribution in [0.1, 0.15) is 0 Å². The topological polar surface area (TPSA) is 71.3 Å². The van der Waals surface area contributed by atoms with Gasteiger partial charge in [-0.05, 0) is 7.05 Å². The van der Waals surface area contributed by atoms with Gasteiger partial charge in [0.2, 0.25) is 0 Å². The highest BCUT2D eigenvalue weighted by Crippen LogP contribution is 2.25. The molecule has 0 aliphatic rings. The van der Waals surface area contributed by atoms with E-state index in [9.17, 15) is 10.1 Å². The third kappa shape index (κ3) is 3.04. The Morgan fingerprint density at radius 2 is 2.38 bits per heavy atom. The van der Waals surface area contributed by atoms with E-state index in [1.165, 1.54) is 12.3 Å². The number of aromatic nitrogens is 1. The van der Waals surface area contributed by atoms with Crippen molar-refractivity contribution in [3.8, 4) is 0 Å². The second-order valence-electron chi connectivity index (χ2n) is 3.28. The number of hydrogen-bond donors (Lipinski definition) is 1. The number of likely N-dealkylation sites (N-methyl/N-ethyl adjacent to an activating group) is 2. The van der Waals surface area contributed by atoms with Crippen LogP contribution >= 0.6 is 11.6 Å². The molecule has 0 saturated heterocycles. The molecular weight excluding hydrogens is 232 g/mol. The van der Waals surface area contributed by atoms with E-state index in [0.717, 1.165) is 13.1 Å². The van der Waals surface area contributed by atoms with Crippen LogP contribution in [0.4, 0.5) is 11.5 Å². The Morgan fingerprint density at radius 1 is 1.69 bits per heavy atom. The Kier molecular flexibility index (Phi) is 4.45. The summed E-state index contributed by atoms with van der Waals surface area (Å²) >= 11 is 5.92. The molecule has 0 radical (unpaired) electrons. The summed E-state index contributed by atoms with van der Waals surface area (Å²) in [5.74, 6) is 0.544. The van der Waals surface area contributed by atoms with E-state index >= 15 is 0 Å². The Hall–Kier alpha value is -1.40. The lowest BCUT2D eigenvalue weighted by atomic mass is 10.4. The molecular formula is C9H13ClN4O2. The summed E-state index contributed by atoms with van der Waals surface area (Å²) in [4.78, 5) is 15.8. The molecule has 0 bridgehead atoms. The smallest absolute Gasteiger partial charge is 0.289 e. The Labute approximate surface area is 98.4 Å². The van der Waals surface area contributed by atoms with Crippen LogP contribution in [0.15, 0.2) is 12.3 Å². The van der Waals surface area contributed by atoms with Crippen molar-refractivity contribution in [2.24, 2.45) is 0 Å². The summed E-state index contributed by atoms with van der Waals surface area (Å²) in [5, 5.41) is 13.8. The number of halogens is 1. The molecule has 6 nitrogen and oxygen atoms in total. The maximum Gasteiger partial charge on any atom is 0.289 e. The van der Waals surface area contributed by atoms with Gasteiger partial charge in [-0.25, -0.2) is 4.98 Å². The fourth-order valence-electron chi connectivity index (χ4n) is 1.19. The zero-order valence-corrected chi connectivity index (χ0v) is 9.86. The summed E-state index contributed by atoms with van der Waals surface area (Å²) < 4.78 is 0. The Bertz CT molecular complexity index is 386. The zero-order chi connectivity index (χ0) is 12.1. The van der Waals surface area contributed by atoms with Crippen molar-refractivity contribution in [1.29, 1.82) is 0 Å². The highest BCUT2D eigenvalue weighted by molar-refractivity contribution is 6.33. The van der Waals surface area contributed by atoms with E-state index in [-0.39, 0.29) is 10.7 Å². The van der Waals surface area contributed by atoms with Crippen molar-refractivity contribution in [2.45, 2.75) is 0 Å². The third-order valence-corrected chi connectivity index (χ3v) is 2.36. The van der Waals surface area contributed by atoms with Gasteiger partial charge >= 0.3 is 0 Å². The monoisotopic (exact) mass is 244 g/mol. The molecule has 1 aromatic rings. The summed E-state index contributed by atoms with van der Waals surface area (Å²) in [6, 6.07) is 1.31. The first kappa shape index (κ1) is 12.7. The van der Waals surface area contributed by atoms with Crippen LogP contribution in [-0.2, 0) is 0 Å². The molecule has 88 valence electrons. The normalized spacial score (nSPS) is 10.2. The minimum Gasteiger partial charge on any atom is -0.357 e. The number of pyridine rings is 1. The molecule has 1 rings (SSSR count). The van der Waals surface area contributed by atoms with Crippen LogP contribution in [0.2, 0.25) is 5.02 Å². The molecule has 0 saturated carbocycles. The van der Waals surface area contributed by atoms with Crippen molar-refractivity contribution < 1.29 is 4.92 Å². The fraction of sp³-hybridized carbons (Fsp3) is 0.444. The zero-order valence-electron chi connectivity index (χ0n) is 9.11. The van der Waals surface area contributed by atoms with E-state index in [4.69, 9.17) is 11.6 Å². The second kappa shape index (κ2) is 5.62. The van der Waals surface area contributed by atoms with Crippen LogP contribution in [0, 0.1) is 10.1 Å². The van der Waals surface area contributed by atoms with Gasteiger partial charge in [0.1, 0.15) is 12.0 Å². The van der Waals surface area contributed by atoms with Crippen LogP contribution in [0.5, 0.6) is 0 Å². The van der Waals surface area contributed by atoms with Crippen LogP contribution in [0.25, 0.3) is 0 Å². The van der Waals surface area contributed by atoms with Crippen molar-refractivity contribution in [3.63, 3.8) is 0 Å². The molecule has 0 amide bonds. The van der Waals surface area contributed by atoms with E-state index in [2.05, 4.69) is 10.3 Å². The van der Waals surface area contributed by atoms with Crippen molar-refractivity contribution in [1.82, 2.24) is 10.3 Å². The number of rotatable bonds is 5. The predicted octanol–water partition coefficient (Wildman–Crippen LogP) is 1.30. The number of nitrogens with zero attached hydrogens (tertiary/aromatic N) is 3. The maximum absolute atomic E-state index is 10.5. The SMILES string of the molecule is CNCCN(C)c1ncc([N+](=O)[O-])cc1Cl. The van der Waals surface area contributed by atoms with Crippen LogP contribution < -0.4 is 10.2 Å². The molecule has 0 aliphatic carbocycles. The average molecular weight is 245 g/mol. The largest absolute Gasteiger partial charge is 0.357 e. The molecule has 0 aromatic carbocycles. The first-order valence-electron chi connectivity index (χ1n) is 4.72. The highest BCUT2D eigenvalue weighted by atomic mass is 35.5. The summed E-state index contributed by atoms with van der Waals surface area (Å²) in [6.07, 6.45) is 1.21. The number of hydrogen-bond acceptors (Lipinski definition) is 5. The van der Waals surface area contributed by atoms with Gasteiger partial charge in [0.05, 0.1) is 9.95 Å². The molecule has 0 atom stereocenters. The molecule has 1 aromatic heterocycles. The number of nitro groups is 1. The van der Waals surface area contributed by atoms with Gasteiger partial charge in [0.25, 0.3) is 5.69 Å². The molecule has 0 spiro atoms. The highest BCUT2D eigenvalue weighted by Gasteiger charge is 2.13. The van der Waals surface area contributed by atoms with E-state index in [1.54, 1.807) is 0 Å². The van der Waals surface area contributed by atoms with E-state index < -0.39 is 4.92 Å². The number of nitrogens with one attached hydrogen (secondary N) is 1. The standard InChI is InChI=1S/C9H13ClN4O2/c1-11-3-4-13(2)9-8(10)5-7(6-12-9)14(15)16/h5-6,11H,3-4H2,1-2H3. The molecule has 1 heterocycles. The lowest BCUT2D eigenvalue weighted by Gasteiger charge is -2.18. The summed E-state index contributed by atoms with van der Waals surface area (Å²) in [7, 11) is 3.68. The minimum absolute atomic E-state index is 0.101. The minimum atomic E-state index is -0.518. The molecule has 7 heteroatoms. The number of anilines is 1. The summed E-state index contributed by atoms with van der Waals surface area (Å²) in [6.45, 7) is 1.51. The van der Waals surface area contributed by atoms with Gasteiger partial charge in [-0.3, -0.25) is 10.1 Å². The quantitative estimate of drug-likeness (QED) is 0.624. The van der Waals surface area contributed by atoms with Gasteiger partial charge in [-0.15, -0.1) is 0 Å². The molecule has 1 N–H and O–H groups in total. The van der Waals surface area contributed by atoms with Crippen molar-refractivity contribution in [2.75, 3.05) is 32.1 Å². The van der Waals surface area contributed by atoms with E-state index in [0.29, 0.717) is 5.82 Å². The van der Waals surface area contributed by atoms with Gasteiger partial charge in [-0.1, -0.05) is 11.6 Å². The van der Waals surface area contributed by atoms with Gasteiger partial charge in [0.15, 0.2) is 0 Å². The molecule has 16 heavy (non-hydrogen) atoms. The first-order chi connectivity index (χ1) is 7.56. The average Bonchev–Trinajstić information content (AvgIpc) is 2.25. The molecule has 0 fully saturated rings. The van der Waals surface area contributed by atoms with Crippen molar-refractivity contribution >= 4 is 23.1 Å². The maximum atomic E-state index is 10.5. The van der Waals surface area contributed by atoms with Crippen LogP contribution in [-0.4, -0.2) is 37.1 Å². The first-order valence-corrected chi connectivity index (χ1v) is 5.09. The van der Waals surface area contributed by atoms with Crippen LogP contribution in [0.3, 0.4) is 0 Å². The third-order valence-electron chi connectivity index (χ3n) is 2.08. The molecule has 0 unspecified atom stereocenters.